The van der Waals surface area contributed by atoms with Gasteiger partial charge >= 0.3 is 18.2 Å². The van der Waals surface area contributed by atoms with Crippen LogP contribution in [0.4, 0.5) is 18.0 Å². The van der Waals surface area contributed by atoms with Crippen molar-refractivity contribution in [3.8, 4) is 0 Å². The van der Waals surface area contributed by atoms with Crippen molar-refractivity contribution in [3.63, 3.8) is 0 Å². The molecule has 0 unspecified atom stereocenters. The number of rotatable bonds is 5. The van der Waals surface area contributed by atoms with E-state index in [2.05, 4.69) is 10.6 Å². The van der Waals surface area contributed by atoms with Crippen molar-refractivity contribution in [3.05, 3.63) is 0 Å². The fourth-order valence-corrected chi connectivity index (χ4v) is 6.68. The lowest BCUT2D eigenvalue weighted by atomic mass is 9.87. The maximum atomic E-state index is 12.6. The monoisotopic (exact) mass is 514 g/mol. The predicted octanol–water partition coefficient (Wildman–Crippen LogP) is 0.685. The quantitative estimate of drug-likeness (QED) is 0.491. The first-order chi connectivity index (χ1) is 15.7. The third kappa shape index (κ3) is 7.72. The number of carboxylic acid groups (broad SMARTS) is 1. The Morgan fingerprint density at radius 3 is 2.21 bits per heavy atom. The normalized spacial score (nSPS) is 26.4. The van der Waals surface area contributed by atoms with Crippen LogP contribution in [0.1, 0.15) is 32.1 Å². The highest BCUT2D eigenvalue weighted by molar-refractivity contribution is 7.92. The molecule has 1 saturated carbocycles. The Bertz CT molecular complexity index is 846. The number of carbonyl (C=O) groups is 3. The molecule has 2 heterocycles. The smallest absolute Gasteiger partial charge is 0.475 e. The highest BCUT2D eigenvalue weighted by atomic mass is 32.2. The van der Waals surface area contributed by atoms with E-state index in [-0.39, 0.29) is 42.1 Å². The Labute approximate surface area is 197 Å². The molecule has 0 aromatic rings. The van der Waals surface area contributed by atoms with Crippen LogP contribution in [0.3, 0.4) is 0 Å². The summed E-state index contributed by atoms with van der Waals surface area (Å²) in [6, 6.07) is 0.0140. The maximum absolute atomic E-state index is 12.6. The molecule has 14 heteroatoms. The van der Waals surface area contributed by atoms with Crippen LogP contribution >= 0.6 is 0 Å². The molecule has 0 radical (unpaired) electrons. The number of carboxylic acids is 1. The van der Waals surface area contributed by atoms with E-state index in [1.165, 1.54) is 0 Å². The topological polar surface area (TPSA) is 136 Å². The molecule has 1 aliphatic carbocycles. The first-order valence-electron chi connectivity index (χ1n) is 11.2. The average molecular weight is 515 g/mol. The zero-order chi connectivity index (χ0) is 25.7. The number of nitrogens with zero attached hydrogens (tertiary/aromatic N) is 2. The molecule has 3 fully saturated rings. The van der Waals surface area contributed by atoms with E-state index in [4.69, 9.17) is 9.90 Å². The lowest BCUT2D eigenvalue weighted by molar-refractivity contribution is -0.192. The minimum atomic E-state index is -5.08. The number of alkyl halides is 3. The Morgan fingerprint density at radius 1 is 1.09 bits per heavy atom. The van der Waals surface area contributed by atoms with Crippen LogP contribution in [0.15, 0.2) is 0 Å². The third-order valence-corrected chi connectivity index (χ3v) is 8.63. The number of sulfone groups is 1. The van der Waals surface area contributed by atoms with Gasteiger partial charge in [-0.25, -0.2) is 18.0 Å². The van der Waals surface area contributed by atoms with Crippen LogP contribution < -0.4 is 10.6 Å². The number of likely N-dealkylation sites (tertiary alicyclic amines) is 1. The van der Waals surface area contributed by atoms with E-state index >= 15 is 0 Å². The van der Waals surface area contributed by atoms with Gasteiger partial charge in [0.1, 0.15) is 0 Å². The van der Waals surface area contributed by atoms with Gasteiger partial charge in [-0.3, -0.25) is 4.79 Å². The second-order valence-corrected chi connectivity index (χ2v) is 11.5. The molecule has 3 amide bonds. The molecule has 2 aliphatic heterocycles. The summed E-state index contributed by atoms with van der Waals surface area (Å²) in [4.78, 5) is 37.7. The number of likely N-dealkylation sites (N-methyl/N-ethyl adjacent to an activating group) is 1. The molecule has 2 saturated heterocycles. The minimum Gasteiger partial charge on any atom is -0.475 e. The van der Waals surface area contributed by atoms with Crippen LogP contribution in [0.25, 0.3) is 0 Å². The summed E-state index contributed by atoms with van der Waals surface area (Å²) in [6.45, 7) is 1.82. The van der Waals surface area contributed by atoms with Gasteiger partial charge in [-0.15, -0.1) is 0 Å². The van der Waals surface area contributed by atoms with Crippen LogP contribution in [0.2, 0.25) is 0 Å². The second kappa shape index (κ2) is 11.6. The van der Waals surface area contributed by atoms with Gasteiger partial charge in [0.25, 0.3) is 0 Å². The molecule has 0 spiro atoms. The van der Waals surface area contributed by atoms with Crippen LogP contribution in [-0.4, -0.2) is 105 Å². The molecule has 10 nitrogen and oxygen atoms in total. The third-order valence-electron chi connectivity index (χ3n) is 6.41. The predicted molar refractivity (Wildman–Crippen MR) is 117 cm³/mol. The number of carbonyl (C=O) groups excluding carboxylic acids is 2. The highest BCUT2D eigenvalue weighted by Gasteiger charge is 2.51. The Morgan fingerprint density at radius 2 is 1.68 bits per heavy atom. The summed E-state index contributed by atoms with van der Waals surface area (Å²) in [6.07, 6.45) is -0.516. The van der Waals surface area contributed by atoms with Gasteiger partial charge < -0.3 is 25.5 Å². The van der Waals surface area contributed by atoms with Crippen molar-refractivity contribution in [2.24, 2.45) is 11.8 Å². The molecule has 0 aromatic heterocycles. The molecule has 34 heavy (non-hydrogen) atoms. The van der Waals surface area contributed by atoms with E-state index in [0.717, 1.165) is 32.2 Å². The van der Waals surface area contributed by atoms with Crippen LogP contribution in [0, 0.1) is 11.8 Å². The van der Waals surface area contributed by atoms with E-state index in [1.54, 1.807) is 4.90 Å². The van der Waals surface area contributed by atoms with E-state index in [9.17, 15) is 31.2 Å². The van der Waals surface area contributed by atoms with Crippen molar-refractivity contribution in [1.29, 1.82) is 0 Å². The molecule has 0 aromatic carbocycles. The lowest BCUT2D eigenvalue weighted by Gasteiger charge is -2.31. The molecule has 3 aliphatic rings. The minimum absolute atomic E-state index is 0.0258. The number of amides is 3. The van der Waals surface area contributed by atoms with E-state index in [1.807, 2.05) is 19.0 Å². The highest BCUT2D eigenvalue weighted by Crippen LogP contribution is 2.37. The van der Waals surface area contributed by atoms with Crippen molar-refractivity contribution in [1.82, 2.24) is 20.4 Å². The van der Waals surface area contributed by atoms with E-state index < -0.39 is 27.2 Å². The van der Waals surface area contributed by atoms with Gasteiger partial charge in [-0.2, -0.15) is 13.2 Å². The molecule has 196 valence electrons. The van der Waals surface area contributed by atoms with Crippen molar-refractivity contribution in [2.75, 3.05) is 46.0 Å². The van der Waals surface area contributed by atoms with Gasteiger partial charge in [0, 0.05) is 44.1 Å². The Balaban J connectivity index is 0.000000509. The van der Waals surface area contributed by atoms with Crippen LogP contribution in [-0.2, 0) is 19.4 Å². The SMILES string of the molecule is CN(C)CCNC(=O)[C@H]1CCS(=O)(=O)[C@@H]2CN(C(=O)NC3CCCC3)C[C@H]12.O=C(O)C(F)(F)F. The first kappa shape index (κ1) is 28.1. The maximum Gasteiger partial charge on any atom is 0.490 e. The van der Waals surface area contributed by atoms with Crippen LogP contribution in [0.5, 0.6) is 0 Å². The molecule has 3 atom stereocenters. The summed E-state index contributed by atoms with van der Waals surface area (Å²) in [5, 5.41) is 12.5. The molecule has 3 rings (SSSR count). The van der Waals surface area contributed by atoms with Gasteiger partial charge in [-0.1, -0.05) is 12.8 Å². The number of urea groups is 1. The van der Waals surface area contributed by atoms with Crippen molar-refractivity contribution in [2.45, 2.75) is 49.6 Å². The van der Waals surface area contributed by atoms with Gasteiger partial charge in [0.15, 0.2) is 9.84 Å². The first-order valence-corrected chi connectivity index (χ1v) is 12.9. The fraction of sp³-hybridized carbons (Fsp3) is 0.850. The van der Waals surface area contributed by atoms with Gasteiger partial charge in [-0.05, 0) is 33.4 Å². The summed E-state index contributed by atoms with van der Waals surface area (Å²) >= 11 is 0. The number of hydrogen-bond donors (Lipinski definition) is 3. The van der Waals surface area contributed by atoms with E-state index in [0.29, 0.717) is 19.5 Å². The standard InChI is InChI=1S/C18H32N4O4S.C2HF3O2/c1-21(2)9-8-19-17(23)14-7-10-27(25,26)16-12-22(11-15(14)16)18(24)20-13-5-3-4-6-13;3-2(4,5)1(6)7/h13-16H,3-12H2,1-2H3,(H,19,23)(H,20,24);(H,6,7)/t14-,15+,16+;/m0./s1. The fourth-order valence-electron chi connectivity index (χ4n) is 4.58. The summed E-state index contributed by atoms with van der Waals surface area (Å²) in [5.74, 6) is -3.47. The Kier molecular flexibility index (Phi) is 9.57. The zero-order valence-electron chi connectivity index (χ0n) is 19.3. The largest absolute Gasteiger partial charge is 0.490 e. The van der Waals surface area contributed by atoms with Gasteiger partial charge in [0.2, 0.25) is 5.91 Å². The number of halogens is 3. The van der Waals surface area contributed by atoms with Gasteiger partial charge in [0.05, 0.1) is 11.0 Å². The number of hydrogen-bond acceptors (Lipinski definition) is 6. The molecular formula is C20H33F3N4O6S. The summed E-state index contributed by atoms with van der Waals surface area (Å²) in [7, 11) is 0.611. The second-order valence-electron chi connectivity index (χ2n) is 9.20. The molecular weight excluding hydrogens is 481 g/mol. The molecule has 3 N–H and O–H groups in total. The van der Waals surface area contributed by atoms with Crippen molar-refractivity contribution >= 4 is 27.7 Å². The average Bonchev–Trinajstić information content (AvgIpc) is 3.38. The number of nitrogens with one attached hydrogen (secondary N) is 2. The number of fused-ring (bicyclic) bond motifs is 1. The number of aliphatic carboxylic acids is 1. The van der Waals surface area contributed by atoms with Crippen molar-refractivity contribution < 1.29 is 41.1 Å². The summed E-state index contributed by atoms with van der Waals surface area (Å²) < 4.78 is 56.8. The lowest BCUT2D eigenvalue weighted by Crippen LogP contribution is -2.47. The zero-order valence-corrected chi connectivity index (χ0v) is 20.1. The Hall–Kier alpha value is -2.09. The summed E-state index contributed by atoms with van der Waals surface area (Å²) in [5.41, 5.74) is 0. The molecule has 0 bridgehead atoms.